The van der Waals surface area contributed by atoms with E-state index >= 15 is 0 Å². The second-order valence-electron chi connectivity index (χ2n) is 4.10. The zero-order valence-corrected chi connectivity index (χ0v) is 10.6. The summed E-state index contributed by atoms with van der Waals surface area (Å²) in [6.07, 6.45) is 4.05. The first kappa shape index (κ1) is 12.6. The van der Waals surface area contributed by atoms with Gasteiger partial charge in [0.2, 0.25) is 5.88 Å². The van der Waals surface area contributed by atoms with Crippen molar-refractivity contribution in [3.05, 3.63) is 12.4 Å². The van der Waals surface area contributed by atoms with E-state index in [9.17, 15) is 4.79 Å². The molecule has 0 radical (unpaired) electrons. The lowest BCUT2D eigenvalue weighted by atomic mass is 10.1. The molecule has 1 aliphatic heterocycles. The van der Waals surface area contributed by atoms with Gasteiger partial charge in [-0.15, -0.1) is 0 Å². The number of anilines is 1. The molecule has 18 heavy (non-hydrogen) atoms. The summed E-state index contributed by atoms with van der Waals surface area (Å²) in [4.78, 5) is 21.9. The zero-order chi connectivity index (χ0) is 13.0. The Morgan fingerprint density at radius 1 is 1.56 bits per heavy atom. The summed E-state index contributed by atoms with van der Waals surface area (Å²) in [5, 5.41) is 0. The molecular formula is C12H17N3O3. The topological polar surface area (TPSA) is 64.5 Å². The van der Waals surface area contributed by atoms with Crippen LogP contribution in [0.1, 0.15) is 13.3 Å². The third kappa shape index (κ3) is 2.69. The maximum atomic E-state index is 11.5. The van der Waals surface area contributed by atoms with Crippen molar-refractivity contribution in [1.82, 2.24) is 9.97 Å². The molecule has 0 amide bonds. The molecule has 2 rings (SSSR count). The van der Waals surface area contributed by atoms with Gasteiger partial charge in [-0.2, -0.15) is 4.98 Å². The molecule has 0 bridgehead atoms. The lowest BCUT2D eigenvalue weighted by molar-refractivity contribution is -0.144. The summed E-state index contributed by atoms with van der Waals surface area (Å²) < 4.78 is 10.1. The van der Waals surface area contributed by atoms with Crippen molar-refractivity contribution in [2.75, 3.05) is 31.7 Å². The third-order valence-electron chi connectivity index (χ3n) is 2.94. The molecule has 1 aromatic heterocycles. The summed E-state index contributed by atoms with van der Waals surface area (Å²) in [6.45, 7) is 3.86. The number of ether oxygens (including phenoxy) is 2. The summed E-state index contributed by atoms with van der Waals surface area (Å²) in [5.74, 6) is 1.02. The van der Waals surface area contributed by atoms with Crippen molar-refractivity contribution < 1.29 is 14.3 Å². The number of hydrogen-bond acceptors (Lipinski definition) is 6. The molecule has 1 fully saturated rings. The third-order valence-corrected chi connectivity index (χ3v) is 2.94. The van der Waals surface area contributed by atoms with Crippen LogP contribution in [0.5, 0.6) is 5.88 Å². The molecule has 2 heterocycles. The minimum absolute atomic E-state index is 0.0763. The Morgan fingerprint density at radius 3 is 3.11 bits per heavy atom. The van der Waals surface area contributed by atoms with E-state index in [0.717, 1.165) is 18.8 Å². The van der Waals surface area contributed by atoms with Crippen LogP contribution >= 0.6 is 0 Å². The fraction of sp³-hybridized carbons (Fsp3) is 0.583. The van der Waals surface area contributed by atoms with E-state index in [1.54, 1.807) is 12.4 Å². The first-order valence-corrected chi connectivity index (χ1v) is 6.02. The van der Waals surface area contributed by atoms with Crippen molar-refractivity contribution >= 4 is 11.8 Å². The Kier molecular flexibility index (Phi) is 3.96. The molecule has 1 atom stereocenters. The number of methoxy groups -OCH3 is 1. The van der Waals surface area contributed by atoms with Crippen LogP contribution in [0.3, 0.4) is 0 Å². The monoisotopic (exact) mass is 251 g/mol. The SMILES string of the molecule is CCOc1cncc(N2CCC(C(=O)OC)C2)n1. The van der Waals surface area contributed by atoms with Crippen molar-refractivity contribution in [3.63, 3.8) is 0 Å². The first-order valence-electron chi connectivity index (χ1n) is 6.02. The molecular weight excluding hydrogens is 234 g/mol. The Bertz CT molecular complexity index is 425. The van der Waals surface area contributed by atoms with Gasteiger partial charge in [-0.05, 0) is 13.3 Å². The fourth-order valence-corrected chi connectivity index (χ4v) is 2.04. The molecule has 1 saturated heterocycles. The number of aromatic nitrogens is 2. The average molecular weight is 251 g/mol. The van der Waals surface area contributed by atoms with E-state index in [4.69, 9.17) is 9.47 Å². The average Bonchev–Trinajstić information content (AvgIpc) is 2.88. The van der Waals surface area contributed by atoms with Gasteiger partial charge in [0.15, 0.2) is 5.82 Å². The van der Waals surface area contributed by atoms with Crippen molar-refractivity contribution in [3.8, 4) is 5.88 Å². The van der Waals surface area contributed by atoms with Gasteiger partial charge < -0.3 is 14.4 Å². The highest BCUT2D eigenvalue weighted by Crippen LogP contribution is 2.23. The van der Waals surface area contributed by atoms with Gasteiger partial charge in [0.05, 0.1) is 32.0 Å². The highest BCUT2D eigenvalue weighted by molar-refractivity contribution is 5.74. The van der Waals surface area contributed by atoms with Crippen LogP contribution < -0.4 is 9.64 Å². The van der Waals surface area contributed by atoms with Gasteiger partial charge >= 0.3 is 5.97 Å². The Labute approximate surface area is 106 Å². The molecule has 1 unspecified atom stereocenters. The second-order valence-corrected chi connectivity index (χ2v) is 4.10. The van der Waals surface area contributed by atoms with E-state index in [1.807, 2.05) is 11.8 Å². The lowest BCUT2D eigenvalue weighted by Crippen LogP contribution is -2.24. The molecule has 0 N–H and O–H groups in total. The van der Waals surface area contributed by atoms with Gasteiger partial charge in [0.25, 0.3) is 0 Å². The Balaban J connectivity index is 2.04. The fourth-order valence-electron chi connectivity index (χ4n) is 2.04. The number of esters is 1. The molecule has 0 aliphatic carbocycles. The van der Waals surface area contributed by atoms with Crippen LogP contribution in [0.2, 0.25) is 0 Å². The summed E-state index contributed by atoms with van der Waals surface area (Å²) >= 11 is 0. The maximum absolute atomic E-state index is 11.5. The van der Waals surface area contributed by atoms with Crippen molar-refractivity contribution in [2.45, 2.75) is 13.3 Å². The van der Waals surface area contributed by atoms with Crippen LogP contribution in [0.25, 0.3) is 0 Å². The van der Waals surface area contributed by atoms with E-state index in [1.165, 1.54) is 7.11 Å². The molecule has 98 valence electrons. The van der Waals surface area contributed by atoms with E-state index in [2.05, 4.69) is 9.97 Å². The zero-order valence-electron chi connectivity index (χ0n) is 10.6. The van der Waals surface area contributed by atoms with Crippen LogP contribution in [0.4, 0.5) is 5.82 Å². The number of nitrogens with zero attached hydrogens (tertiary/aromatic N) is 3. The van der Waals surface area contributed by atoms with Crippen molar-refractivity contribution in [2.24, 2.45) is 5.92 Å². The number of carbonyl (C=O) groups excluding carboxylic acids is 1. The number of rotatable bonds is 4. The molecule has 1 aliphatic rings. The van der Waals surface area contributed by atoms with Crippen LogP contribution in [0, 0.1) is 5.92 Å². The van der Waals surface area contributed by atoms with E-state index in [0.29, 0.717) is 19.0 Å². The smallest absolute Gasteiger partial charge is 0.310 e. The lowest BCUT2D eigenvalue weighted by Gasteiger charge is -2.17. The normalized spacial score (nSPS) is 18.8. The molecule has 6 nitrogen and oxygen atoms in total. The van der Waals surface area contributed by atoms with E-state index < -0.39 is 0 Å². The highest BCUT2D eigenvalue weighted by atomic mass is 16.5. The Morgan fingerprint density at radius 2 is 2.39 bits per heavy atom. The minimum atomic E-state index is -0.161. The van der Waals surface area contributed by atoms with Crippen molar-refractivity contribution in [1.29, 1.82) is 0 Å². The minimum Gasteiger partial charge on any atom is -0.477 e. The van der Waals surface area contributed by atoms with Gasteiger partial charge in [0, 0.05) is 13.1 Å². The van der Waals surface area contributed by atoms with Crippen LogP contribution in [0.15, 0.2) is 12.4 Å². The second kappa shape index (κ2) is 5.66. The summed E-state index contributed by atoms with van der Waals surface area (Å²) in [6, 6.07) is 0. The van der Waals surface area contributed by atoms with Crippen LogP contribution in [-0.4, -0.2) is 42.7 Å². The molecule has 1 aromatic rings. The van der Waals surface area contributed by atoms with E-state index in [-0.39, 0.29) is 11.9 Å². The predicted molar refractivity (Wildman–Crippen MR) is 65.5 cm³/mol. The largest absolute Gasteiger partial charge is 0.477 e. The van der Waals surface area contributed by atoms with Gasteiger partial charge in [-0.1, -0.05) is 0 Å². The summed E-state index contributed by atoms with van der Waals surface area (Å²) in [7, 11) is 1.42. The molecule has 6 heteroatoms. The van der Waals surface area contributed by atoms with Gasteiger partial charge in [-0.3, -0.25) is 9.78 Å². The maximum Gasteiger partial charge on any atom is 0.310 e. The molecule has 0 spiro atoms. The van der Waals surface area contributed by atoms with Crippen LogP contribution in [-0.2, 0) is 9.53 Å². The summed E-state index contributed by atoms with van der Waals surface area (Å²) in [5.41, 5.74) is 0. The standard InChI is InChI=1S/C12H17N3O3/c1-3-18-11-7-13-6-10(14-11)15-5-4-9(8-15)12(16)17-2/h6-7,9H,3-5,8H2,1-2H3. The highest BCUT2D eigenvalue weighted by Gasteiger charge is 2.29. The Hall–Kier alpha value is -1.85. The van der Waals surface area contributed by atoms with Gasteiger partial charge in [-0.25, -0.2) is 0 Å². The number of hydrogen-bond donors (Lipinski definition) is 0. The number of carbonyl (C=O) groups is 1. The quantitative estimate of drug-likeness (QED) is 0.740. The predicted octanol–water partition coefficient (Wildman–Crippen LogP) is 0.875. The first-order chi connectivity index (χ1) is 8.74. The molecule has 0 saturated carbocycles. The molecule has 0 aromatic carbocycles. The van der Waals surface area contributed by atoms with Gasteiger partial charge in [0.1, 0.15) is 0 Å².